The Morgan fingerprint density at radius 2 is 2.00 bits per heavy atom. The van der Waals surface area contributed by atoms with Crippen molar-refractivity contribution in [1.29, 1.82) is 0 Å². The second-order valence-corrected chi connectivity index (χ2v) is 7.16. The van der Waals surface area contributed by atoms with Gasteiger partial charge in [-0.2, -0.15) is 13.2 Å². The lowest BCUT2D eigenvalue weighted by atomic mass is 9.80. The van der Waals surface area contributed by atoms with E-state index in [0.717, 1.165) is 37.0 Å². The molecule has 2 heterocycles. The van der Waals surface area contributed by atoms with Crippen molar-refractivity contribution in [3.05, 3.63) is 29.5 Å². The molecule has 25 heavy (non-hydrogen) atoms. The molecule has 1 saturated carbocycles. The summed E-state index contributed by atoms with van der Waals surface area (Å²) in [6.45, 7) is 5.74. The van der Waals surface area contributed by atoms with Gasteiger partial charge in [0.2, 0.25) is 5.91 Å². The molecule has 1 aliphatic rings. The summed E-state index contributed by atoms with van der Waals surface area (Å²) in [5, 5.41) is 7.17. The molecule has 3 rings (SSSR count). The van der Waals surface area contributed by atoms with Crippen molar-refractivity contribution in [1.82, 2.24) is 9.61 Å². The SMILES string of the molecule is CC(C)[C@H](C)C(=O)Nc1nn2ccc(C(F)(F)F)cc2c1C1CCC1. The molecule has 0 radical (unpaired) electrons. The van der Waals surface area contributed by atoms with E-state index in [4.69, 9.17) is 0 Å². The monoisotopic (exact) mass is 353 g/mol. The number of fused-ring (bicyclic) bond motifs is 1. The van der Waals surface area contributed by atoms with Crippen LogP contribution >= 0.6 is 0 Å². The average Bonchev–Trinajstić information content (AvgIpc) is 2.81. The predicted molar refractivity (Wildman–Crippen MR) is 89.4 cm³/mol. The van der Waals surface area contributed by atoms with Crippen molar-refractivity contribution in [2.75, 3.05) is 5.32 Å². The van der Waals surface area contributed by atoms with Crippen molar-refractivity contribution < 1.29 is 18.0 Å². The minimum Gasteiger partial charge on any atom is -0.309 e. The molecular formula is C18H22F3N3O. The molecule has 0 aromatic carbocycles. The normalized spacial score (nSPS) is 16.9. The van der Waals surface area contributed by atoms with Crippen LogP contribution in [0.15, 0.2) is 18.3 Å². The number of aromatic nitrogens is 2. The molecule has 0 aliphatic heterocycles. The van der Waals surface area contributed by atoms with Crippen molar-refractivity contribution in [3.8, 4) is 0 Å². The highest BCUT2D eigenvalue weighted by molar-refractivity contribution is 5.93. The molecule has 2 aromatic rings. The summed E-state index contributed by atoms with van der Waals surface area (Å²) in [5.41, 5.74) is 0.447. The number of hydrogen-bond acceptors (Lipinski definition) is 2. The van der Waals surface area contributed by atoms with Gasteiger partial charge in [0.05, 0.1) is 11.1 Å². The Labute approximate surface area is 144 Å². The number of anilines is 1. The summed E-state index contributed by atoms with van der Waals surface area (Å²) in [6, 6.07) is 2.13. The van der Waals surface area contributed by atoms with E-state index in [-0.39, 0.29) is 23.7 Å². The lowest BCUT2D eigenvalue weighted by Crippen LogP contribution is -2.25. The molecule has 136 valence electrons. The Kier molecular flexibility index (Phi) is 4.51. The van der Waals surface area contributed by atoms with Gasteiger partial charge in [-0.25, -0.2) is 4.52 Å². The van der Waals surface area contributed by atoms with E-state index in [2.05, 4.69) is 10.4 Å². The second-order valence-electron chi connectivity index (χ2n) is 7.16. The van der Waals surface area contributed by atoms with Gasteiger partial charge in [0.25, 0.3) is 0 Å². The van der Waals surface area contributed by atoms with E-state index in [9.17, 15) is 18.0 Å². The first kappa shape index (κ1) is 17.8. The summed E-state index contributed by atoms with van der Waals surface area (Å²) in [5.74, 6) is 0.341. The Bertz CT molecular complexity index is 791. The summed E-state index contributed by atoms with van der Waals surface area (Å²) >= 11 is 0. The first-order valence-corrected chi connectivity index (χ1v) is 8.59. The molecule has 1 amide bonds. The maximum absolute atomic E-state index is 13.1. The van der Waals surface area contributed by atoms with Crippen LogP contribution in [-0.4, -0.2) is 15.5 Å². The third-order valence-electron chi connectivity index (χ3n) is 5.17. The third-order valence-corrected chi connectivity index (χ3v) is 5.17. The minimum atomic E-state index is -4.40. The highest BCUT2D eigenvalue weighted by Gasteiger charge is 2.33. The standard InChI is InChI=1S/C18H22F3N3O/c1-10(2)11(3)17(25)22-16-15(12-5-4-6-12)14-9-13(18(19,20)21)7-8-24(14)23-16/h7-12H,4-6H2,1-3H3,(H,22,23,25)/t11-/m0/s1. The van der Waals surface area contributed by atoms with Crippen LogP contribution in [0.1, 0.15) is 57.1 Å². The number of carbonyl (C=O) groups excluding carboxylic acids is 1. The Hall–Kier alpha value is -2.05. The molecule has 1 fully saturated rings. The number of nitrogens with zero attached hydrogens (tertiary/aromatic N) is 2. The maximum Gasteiger partial charge on any atom is 0.416 e. The Morgan fingerprint density at radius 3 is 2.52 bits per heavy atom. The van der Waals surface area contributed by atoms with E-state index in [1.165, 1.54) is 10.7 Å². The zero-order valence-corrected chi connectivity index (χ0v) is 14.5. The summed E-state index contributed by atoms with van der Waals surface area (Å²) < 4.78 is 40.6. The number of hydrogen-bond donors (Lipinski definition) is 1. The van der Waals surface area contributed by atoms with E-state index in [1.807, 2.05) is 20.8 Å². The first-order chi connectivity index (χ1) is 11.7. The second kappa shape index (κ2) is 6.35. The molecule has 0 unspecified atom stereocenters. The van der Waals surface area contributed by atoms with Crippen molar-refractivity contribution in [2.45, 2.75) is 52.1 Å². The van der Waals surface area contributed by atoms with Crippen LogP contribution in [0.25, 0.3) is 5.52 Å². The number of carbonyl (C=O) groups is 1. The van der Waals surface area contributed by atoms with Crippen LogP contribution in [0.5, 0.6) is 0 Å². The molecule has 1 N–H and O–H groups in total. The van der Waals surface area contributed by atoms with Gasteiger partial charge in [-0.15, -0.1) is 5.10 Å². The van der Waals surface area contributed by atoms with Crippen molar-refractivity contribution >= 4 is 17.2 Å². The number of nitrogens with one attached hydrogen (secondary N) is 1. The lowest BCUT2D eigenvalue weighted by Gasteiger charge is -2.26. The van der Waals surface area contributed by atoms with Gasteiger partial charge in [0.1, 0.15) is 0 Å². The Balaban J connectivity index is 2.04. The number of alkyl halides is 3. The quantitative estimate of drug-likeness (QED) is 0.854. The molecule has 4 nitrogen and oxygen atoms in total. The van der Waals surface area contributed by atoms with Crippen LogP contribution in [-0.2, 0) is 11.0 Å². The number of rotatable bonds is 4. The number of pyridine rings is 1. The summed E-state index contributed by atoms with van der Waals surface area (Å²) in [7, 11) is 0. The van der Waals surface area contributed by atoms with E-state index in [0.29, 0.717) is 11.3 Å². The van der Waals surface area contributed by atoms with Gasteiger partial charge >= 0.3 is 6.18 Å². The molecule has 2 aromatic heterocycles. The topological polar surface area (TPSA) is 46.4 Å². The third kappa shape index (κ3) is 3.37. The smallest absolute Gasteiger partial charge is 0.309 e. The van der Waals surface area contributed by atoms with E-state index < -0.39 is 11.7 Å². The summed E-state index contributed by atoms with van der Waals surface area (Å²) in [4.78, 5) is 12.4. The molecular weight excluding hydrogens is 331 g/mol. The average molecular weight is 353 g/mol. The van der Waals surface area contributed by atoms with Crippen LogP contribution in [0, 0.1) is 11.8 Å². The molecule has 1 atom stereocenters. The fourth-order valence-corrected chi connectivity index (χ4v) is 2.97. The van der Waals surface area contributed by atoms with Crippen LogP contribution in [0.3, 0.4) is 0 Å². The van der Waals surface area contributed by atoms with Gasteiger partial charge in [0.15, 0.2) is 5.82 Å². The first-order valence-electron chi connectivity index (χ1n) is 8.59. The van der Waals surface area contributed by atoms with Gasteiger partial charge in [-0.1, -0.05) is 27.2 Å². The highest BCUT2D eigenvalue weighted by atomic mass is 19.4. The van der Waals surface area contributed by atoms with E-state index in [1.54, 1.807) is 0 Å². The van der Waals surface area contributed by atoms with Gasteiger partial charge < -0.3 is 5.32 Å². The largest absolute Gasteiger partial charge is 0.416 e. The maximum atomic E-state index is 13.1. The summed E-state index contributed by atoms with van der Waals surface area (Å²) in [6.07, 6.45) is -0.252. The molecule has 1 aliphatic carbocycles. The Morgan fingerprint density at radius 1 is 1.32 bits per heavy atom. The van der Waals surface area contributed by atoms with Crippen LogP contribution < -0.4 is 5.32 Å². The predicted octanol–water partition coefficient (Wildman–Crippen LogP) is 4.85. The fraction of sp³-hybridized carbons (Fsp3) is 0.556. The zero-order valence-electron chi connectivity index (χ0n) is 14.5. The molecule has 0 spiro atoms. The van der Waals surface area contributed by atoms with Gasteiger partial charge in [-0.3, -0.25) is 4.79 Å². The fourth-order valence-electron chi connectivity index (χ4n) is 2.97. The molecule has 7 heteroatoms. The van der Waals surface area contributed by atoms with E-state index >= 15 is 0 Å². The van der Waals surface area contributed by atoms with Crippen LogP contribution in [0.2, 0.25) is 0 Å². The lowest BCUT2D eigenvalue weighted by molar-refractivity contribution is -0.137. The van der Waals surface area contributed by atoms with Gasteiger partial charge in [-0.05, 0) is 36.8 Å². The highest BCUT2D eigenvalue weighted by Crippen LogP contribution is 2.43. The molecule has 0 bridgehead atoms. The zero-order chi connectivity index (χ0) is 18.4. The minimum absolute atomic E-state index is 0.144. The van der Waals surface area contributed by atoms with Gasteiger partial charge in [0, 0.05) is 17.7 Å². The van der Waals surface area contributed by atoms with Crippen molar-refractivity contribution in [2.24, 2.45) is 11.8 Å². The number of amides is 1. The number of halogens is 3. The van der Waals surface area contributed by atoms with Crippen LogP contribution in [0.4, 0.5) is 19.0 Å². The van der Waals surface area contributed by atoms with Crippen molar-refractivity contribution in [3.63, 3.8) is 0 Å². The molecule has 0 saturated heterocycles.